The molecule has 0 aliphatic carbocycles. The molecule has 0 aromatic rings. The van der Waals surface area contributed by atoms with E-state index in [0.717, 1.165) is 0 Å². The van der Waals surface area contributed by atoms with Crippen molar-refractivity contribution in [2.45, 2.75) is 59.9 Å². The molecule has 0 fully saturated rings. The average molecular weight is 173 g/mol. The van der Waals surface area contributed by atoms with Crippen LogP contribution in [0.2, 0.25) is 0 Å². The highest BCUT2D eigenvalue weighted by Gasteiger charge is 2.10. The fourth-order valence-corrected chi connectivity index (χ4v) is 0.507. The Hall–Kier alpha value is -0.530. The molecule has 74 valence electrons. The third-order valence-electron chi connectivity index (χ3n) is 0.836. The van der Waals surface area contributed by atoms with Gasteiger partial charge in [-0.1, -0.05) is 27.2 Å². The van der Waals surface area contributed by atoms with Crippen molar-refractivity contribution in [1.82, 2.24) is 5.32 Å². The van der Waals surface area contributed by atoms with E-state index in [9.17, 15) is 4.79 Å². The van der Waals surface area contributed by atoms with Crippen LogP contribution in [0.3, 0.4) is 0 Å². The Balaban J connectivity index is 0. The molecule has 0 aliphatic heterocycles. The van der Waals surface area contributed by atoms with Gasteiger partial charge in [-0.3, -0.25) is 4.79 Å². The molecular weight excluding hydrogens is 150 g/mol. The first-order valence-corrected chi connectivity index (χ1v) is 4.68. The predicted octanol–water partition coefficient (Wildman–Crippen LogP) is 2.73. The summed E-state index contributed by atoms with van der Waals surface area (Å²) < 4.78 is 0. The molecule has 1 amide bonds. The minimum absolute atomic E-state index is 0.0763. The van der Waals surface area contributed by atoms with Gasteiger partial charge in [-0.15, -0.1) is 0 Å². The Labute approximate surface area is 76.7 Å². The smallest absolute Gasteiger partial charge is 0.220 e. The lowest BCUT2D eigenvalue weighted by Gasteiger charge is -2.19. The van der Waals surface area contributed by atoms with Gasteiger partial charge in [0.15, 0.2) is 0 Å². The van der Waals surface area contributed by atoms with Crippen LogP contribution in [0.25, 0.3) is 0 Å². The summed E-state index contributed by atoms with van der Waals surface area (Å²) in [7, 11) is 0. The molecule has 0 saturated heterocycles. The number of rotatable bonds is 1. The molecule has 0 bridgehead atoms. The molecule has 0 rings (SSSR count). The van der Waals surface area contributed by atoms with E-state index in [2.05, 4.69) is 19.2 Å². The highest BCUT2D eigenvalue weighted by molar-refractivity contribution is 5.76. The molecule has 0 heterocycles. The number of carbonyl (C=O) groups excluding carboxylic acids is 1. The number of hydrogen-bond acceptors (Lipinski definition) is 1. The van der Waals surface area contributed by atoms with E-state index in [4.69, 9.17) is 0 Å². The van der Waals surface area contributed by atoms with Gasteiger partial charge in [-0.2, -0.15) is 0 Å². The van der Waals surface area contributed by atoms with Gasteiger partial charge < -0.3 is 5.32 Å². The van der Waals surface area contributed by atoms with Crippen LogP contribution >= 0.6 is 0 Å². The van der Waals surface area contributed by atoms with E-state index >= 15 is 0 Å². The molecule has 1 N–H and O–H groups in total. The van der Waals surface area contributed by atoms with Gasteiger partial charge in [0.05, 0.1) is 0 Å². The summed E-state index contributed by atoms with van der Waals surface area (Å²) in [5.41, 5.74) is -0.0763. The maximum Gasteiger partial charge on any atom is 0.220 e. The largest absolute Gasteiger partial charge is 0.352 e. The van der Waals surface area contributed by atoms with Crippen LogP contribution in [-0.2, 0) is 4.79 Å². The van der Waals surface area contributed by atoms with Crippen LogP contribution < -0.4 is 5.32 Å². The molecule has 0 aromatic heterocycles. The van der Waals surface area contributed by atoms with E-state index < -0.39 is 0 Å². The van der Waals surface area contributed by atoms with Gasteiger partial charge in [0.1, 0.15) is 0 Å². The predicted molar refractivity (Wildman–Crippen MR) is 54.2 cm³/mol. The topological polar surface area (TPSA) is 29.1 Å². The van der Waals surface area contributed by atoms with Gasteiger partial charge in [-0.05, 0) is 20.8 Å². The molecule has 2 heteroatoms. The van der Waals surface area contributed by atoms with E-state index in [1.54, 1.807) is 0 Å². The van der Waals surface area contributed by atoms with Crippen molar-refractivity contribution in [3.05, 3.63) is 0 Å². The van der Waals surface area contributed by atoms with Crippen molar-refractivity contribution in [2.75, 3.05) is 0 Å². The van der Waals surface area contributed by atoms with Crippen LogP contribution in [0.5, 0.6) is 0 Å². The molecule has 0 atom stereocenters. The molecule has 0 aliphatic rings. The first-order valence-electron chi connectivity index (χ1n) is 4.68. The Morgan fingerprint density at radius 1 is 1.17 bits per heavy atom. The van der Waals surface area contributed by atoms with Crippen LogP contribution in [0, 0.1) is 0 Å². The van der Waals surface area contributed by atoms with Crippen LogP contribution in [-0.4, -0.2) is 11.4 Å². The van der Waals surface area contributed by atoms with Crippen molar-refractivity contribution in [3.8, 4) is 0 Å². The normalized spacial score (nSPS) is 9.83. The maximum absolute atomic E-state index is 10.7. The lowest BCUT2D eigenvalue weighted by Crippen LogP contribution is -2.40. The maximum atomic E-state index is 10.7. The quantitative estimate of drug-likeness (QED) is 0.649. The summed E-state index contributed by atoms with van der Waals surface area (Å²) >= 11 is 0. The monoisotopic (exact) mass is 173 g/mol. The minimum Gasteiger partial charge on any atom is -0.352 e. The van der Waals surface area contributed by atoms with Gasteiger partial charge in [-0.25, -0.2) is 0 Å². The summed E-state index contributed by atoms with van der Waals surface area (Å²) in [5.74, 6) is 0.113. The standard InChI is InChI=1S/C7H15NO.C3H8/c1-5-6(9)8-7(2,3)4;1-3-2/h5H2,1-4H3,(H,8,9);3H2,1-2H3. The second kappa shape index (κ2) is 7.14. The van der Waals surface area contributed by atoms with E-state index in [1.807, 2.05) is 27.7 Å². The van der Waals surface area contributed by atoms with Gasteiger partial charge >= 0.3 is 0 Å². The molecule has 0 unspecified atom stereocenters. The SMILES string of the molecule is CCC.CCC(=O)NC(C)(C)C. The van der Waals surface area contributed by atoms with Crippen molar-refractivity contribution in [2.24, 2.45) is 0 Å². The zero-order chi connectivity index (χ0) is 10.2. The number of nitrogens with one attached hydrogen (secondary N) is 1. The van der Waals surface area contributed by atoms with E-state index in [1.165, 1.54) is 6.42 Å². The zero-order valence-electron chi connectivity index (χ0n) is 9.32. The van der Waals surface area contributed by atoms with E-state index in [0.29, 0.717) is 6.42 Å². The highest BCUT2D eigenvalue weighted by atomic mass is 16.1. The Bertz CT molecular complexity index is 113. The first-order chi connectivity index (χ1) is 5.37. The van der Waals surface area contributed by atoms with Gasteiger partial charge in [0.2, 0.25) is 5.91 Å². The Morgan fingerprint density at radius 3 is 1.58 bits per heavy atom. The first kappa shape index (κ1) is 14.0. The molecule has 0 saturated carbocycles. The van der Waals surface area contributed by atoms with Crippen molar-refractivity contribution in [1.29, 1.82) is 0 Å². The Morgan fingerprint density at radius 2 is 1.50 bits per heavy atom. The zero-order valence-corrected chi connectivity index (χ0v) is 9.32. The third-order valence-corrected chi connectivity index (χ3v) is 0.836. The third kappa shape index (κ3) is 16.2. The molecule has 0 radical (unpaired) electrons. The summed E-state index contributed by atoms with van der Waals surface area (Å²) in [5, 5.41) is 2.83. The molecule has 12 heavy (non-hydrogen) atoms. The average Bonchev–Trinajstić information content (AvgIpc) is 1.86. The Kier molecular flexibility index (Phi) is 8.34. The fraction of sp³-hybridized carbons (Fsp3) is 0.900. The van der Waals surface area contributed by atoms with Crippen LogP contribution in [0.15, 0.2) is 0 Å². The second-order valence-corrected chi connectivity index (χ2v) is 3.86. The molecular formula is C10H23NO. The van der Waals surface area contributed by atoms with Crippen molar-refractivity contribution < 1.29 is 4.79 Å². The van der Waals surface area contributed by atoms with Gasteiger partial charge in [0.25, 0.3) is 0 Å². The minimum atomic E-state index is -0.0763. The molecule has 2 nitrogen and oxygen atoms in total. The van der Waals surface area contributed by atoms with Crippen LogP contribution in [0.1, 0.15) is 54.4 Å². The second-order valence-electron chi connectivity index (χ2n) is 3.86. The number of amides is 1. The number of carbonyl (C=O) groups is 1. The lowest BCUT2D eigenvalue weighted by atomic mass is 10.1. The summed E-state index contributed by atoms with van der Waals surface area (Å²) in [6.45, 7) is 12.0. The molecule has 0 spiro atoms. The fourth-order valence-electron chi connectivity index (χ4n) is 0.507. The van der Waals surface area contributed by atoms with Crippen LogP contribution in [0.4, 0.5) is 0 Å². The molecule has 0 aromatic carbocycles. The highest BCUT2D eigenvalue weighted by Crippen LogP contribution is 1.98. The summed E-state index contributed by atoms with van der Waals surface area (Å²) in [6.07, 6.45) is 1.82. The lowest BCUT2D eigenvalue weighted by molar-refractivity contribution is -0.122. The van der Waals surface area contributed by atoms with E-state index in [-0.39, 0.29) is 11.4 Å². The number of hydrogen-bond donors (Lipinski definition) is 1. The summed E-state index contributed by atoms with van der Waals surface area (Å²) in [6, 6.07) is 0. The summed E-state index contributed by atoms with van der Waals surface area (Å²) in [4.78, 5) is 10.7. The van der Waals surface area contributed by atoms with Gasteiger partial charge in [0, 0.05) is 12.0 Å². The van der Waals surface area contributed by atoms with Crippen molar-refractivity contribution in [3.63, 3.8) is 0 Å². The van der Waals surface area contributed by atoms with Crippen molar-refractivity contribution >= 4 is 5.91 Å².